The maximum absolute atomic E-state index is 12.9. The molecular formula is C13H17F3N4. The van der Waals surface area contributed by atoms with E-state index < -0.39 is 12.0 Å². The van der Waals surface area contributed by atoms with Crippen LogP contribution < -0.4 is 10.2 Å². The molecule has 2 aliphatic rings. The second-order valence-electron chi connectivity index (χ2n) is 5.45. The van der Waals surface area contributed by atoms with Crippen molar-refractivity contribution in [2.24, 2.45) is 5.92 Å². The summed E-state index contributed by atoms with van der Waals surface area (Å²) in [6, 6.07) is 1.96. The molecule has 1 aromatic rings. The number of nitrogens with zero attached hydrogens (tertiary/aromatic N) is 3. The van der Waals surface area contributed by atoms with Crippen molar-refractivity contribution in [2.45, 2.75) is 38.4 Å². The number of halogens is 3. The Hall–Kier alpha value is -1.53. The fourth-order valence-corrected chi connectivity index (χ4v) is 3.19. The highest BCUT2D eigenvalue weighted by Gasteiger charge is 2.40. The molecule has 1 saturated heterocycles. The summed E-state index contributed by atoms with van der Waals surface area (Å²) in [5.74, 6) is 0.184. The summed E-state index contributed by atoms with van der Waals surface area (Å²) < 4.78 is 38.7. The van der Waals surface area contributed by atoms with Gasteiger partial charge < -0.3 is 10.2 Å². The van der Waals surface area contributed by atoms with Crippen molar-refractivity contribution in [2.75, 3.05) is 23.3 Å². The molecule has 7 heteroatoms. The van der Waals surface area contributed by atoms with Crippen LogP contribution in [-0.2, 0) is 6.18 Å². The lowest BCUT2D eigenvalue weighted by molar-refractivity contribution is -0.144. The first-order chi connectivity index (χ1) is 9.47. The molecule has 1 aliphatic heterocycles. The van der Waals surface area contributed by atoms with E-state index in [1.807, 2.05) is 11.8 Å². The van der Waals surface area contributed by atoms with E-state index in [0.717, 1.165) is 19.4 Å². The van der Waals surface area contributed by atoms with Gasteiger partial charge in [-0.05, 0) is 32.1 Å². The fraction of sp³-hybridized carbons (Fsp3) is 0.692. The zero-order valence-corrected chi connectivity index (χ0v) is 11.2. The topological polar surface area (TPSA) is 41.0 Å². The van der Waals surface area contributed by atoms with E-state index in [4.69, 9.17) is 0 Å². The predicted molar refractivity (Wildman–Crippen MR) is 69.7 cm³/mol. The highest BCUT2D eigenvalue weighted by Crippen LogP contribution is 2.40. The zero-order valence-electron chi connectivity index (χ0n) is 11.2. The Balaban J connectivity index is 1.95. The van der Waals surface area contributed by atoms with Crippen molar-refractivity contribution in [3.63, 3.8) is 0 Å². The Morgan fingerprint density at radius 3 is 2.70 bits per heavy atom. The number of fused-ring (bicyclic) bond motifs is 2. The second kappa shape index (κ2) is 4.79. The molecule has 2 unspecified atom stereocenters. The van der Waals surface area contributed by atoms with Crippen LogP contribution in [0.4, 0.5) is 24.8 Å². The lowest BCUT2D eigenvalue weighted by Crippen LogP contribution is -2.33. The summed E-state index contributed by atoms with van der Waals surface area (Å²) >= 11 is 0. The number of aromatic nitrogens is 2. The number of alkyl halides is 3. The van der Waals surface area contributed by atoms with E-state index in [0.29, 0.717) is 24.3 Å². The summed E-state index contributed by atoms with van der Waals surface area (Å²) in [6.45, 7) is 3.16. The van der Waals surface area contributed by atoms with Crippen LogP contribution in [-0.4, -0.2) is 29.1 Å². The summed E-state index contributed by atoms with van der Waals surface area (Å²) in [5.41, 5.74) is 0. The van der Waals surface area contributed by atoms with E-state index in [-0.39, 0.29) is 5.82 Å². The predicted octanol–water partition coefficient (Wildman–Crippen LogP) is 2.92. The monoisotopic (exact) mass is 286 g/mol. The third-order valence-electron chi connectivity index (χ3n) is 4.03. The smallest absolute Gasteiger partial charge is 0.370 e. The number of nitrogens with one attached hydrogen (secondary N) is 1. The molecule has 2 heterocycles. The number of anilines is 2. The Morgan fingerprint density at radius 1 is 1.35 bits per heavy atom. The van der Waals surface area contributed by atoms with Crippen LogP contribution in [0.2, 0.25) is 0 Å². The van der Waals surface area contributed by atoms with Gasteiger partial charge in [-0.25, -0.2) is 9.97 Å². The zero-order chi connectivity index (χ0) is 14.3. The van der Waals surface area contributed by atoms with Gasteiger partial charge in [-0.3, -0.25) is 0 Å². The number of rotatable bonds is 3. The molecule has 2 atom stereocenters. The van der Waals surface area contributed by atoms with E-state index in [1.54, 1.807) is 6.07 Å². The Kier molecular flexibility index (Phi) is 3.22. The molecular weight excluding hydrogens is 269 g/mol. The normalized spacial score (nSPS) is 25.3. The van der Waals surface area contributed by atoms with Gasteiger partial charge in [0.05, 0.1) is 0 Å². The molecule has 0 aromatic carbocycles. The summed E-state index contributed by atoms with van der Waals surface area (Å²) in [4.78, 5) is 9.30. The molecule has 1 saturated carbocycles. The minimum atomic E-state index is -4.51. The molecule has 0 spiro atoms. The standard InChI is InChI=1S/C13H17F3N4/c1-2-17-10-6-11(19-12(18-10)13(14,15)16)20-7-8-3-4-9(20)5-8/h6,8-9H,2-5,7H2,1H3,(H,17,18,19). The van der Waals surface area contributed by atoms with Gasteiger partial charge in [0.2, 0.25) is 5.82 Å². The summed E-state index contributed by atoms with van der Waals surface area (Å²) in [6.07, 6.45) is -1.22. The van der Waals surface area contributed by atoms with Gasteiger partial charge in [-0.1, -0.05) is 0 Å². The average molecular weight is 286 g/mol. The van der Waals surface area contributed by atoms with E-state index in [2.05, 4.69) is 15.3 Å². The van der Waals surface area contributed by atoms with Crippen LogP contribution in [0.1, 0.15) is 32.0 Å². The molecule has 2 fully saturated rings. The fourth-order valence-electron chi connectivity index (χ4n) is 3.19. The number of piperidine rings is 1. The molecule has 3 rings (SSSR count). The van der Waals surface area contributed by atoms with Crippen LogP contribution in [0.5, 0.6) is 0 Å². The number of hydrogen-bond acceptors (Lipinski definition) is 4. The van der Waals surface area contributed by atoms with Crippen molar-refractivity contribution in [3.8, 4) is 0 Å². The molecule has 0 radical (unpaired) electrons. The second-order valence-corrected chi connectivity index (χ2v) is 5.45. The largest absolute Gasteiger partial charge is 0.451 e. The van der Waals surface area contributed by atoms with Gasteiger partial charge in [0, 0.05) is 25.2 Å². The number of hydrogen-bond donors (Lipinski definition) is 1. The average Bonchev–Trinajstić information content (AvgIpc) is 3.00. The SMILES string of the molecule is CCNc1cc(N2CC3CCC2C3)nc(C(F)(F)F)n1. The van der Waals surface area contributed by atoms with Gasteiger partial charge in [-0.15, -0.1) is 0 Å². The molecule has 4 nitrogen and oxygen atoms in total. The van der Waals surface area contributed by atoms with E-state index in [9.17, 15) is 13.2 Å². The van der Waals surface area contributed by atoms with Crippen LogP contribution >= 0.6 is 0 Å². The first kappa shape index (κ1) is 13.5. The molecule has 2 bridgehead atoms. The van der Waals surface area contributed by atoms with Crippen molar-refractivity contribution in [3.05, 3.63) is 11.9 Å². The maximum atomic E-state index is 12.9. The van der Waals surface area contributed by atoms with Crippen LogP contribution in [0, 0.1) is 5.92 Å². The molecule has 1 N–H and O–H groups in total. The van der Waals surface area contributed by atoms with Gasteiger partial charge >= 0.3 is 6.18 Å². The highest BCUT2D eigenvalue weighted by atomic mass is 19.4. The molecule has 110 valence electrons. The Labute approximate surface area is 115 Å². The highest BCUT2D eigenvalue weighted by molar-refractivity contribution is 5.51. The van der Waals surface area contributed by atoms with Gasteiger partial charge in [0.15, 0.2) is 0 Å². The minimum absolute atomic E-state index is 0.243. The first-order valence-electron chi connectivity index (χ1n) is 6.94. The molecule has 20 heavy (non-hydrogen) atoms. The van der Waals surface area contributed by atoms with E-state index >= 15 is 0 Å². The minimum Gasteiger partial charge on any atom is -0.370 e. The first-order valence-corrected chi connectivity index (χ1v) is 6.94. The Morgan fingerprint density at radius 2 is 2.15 bits per heavy atom. The van der Waals surface area contributed by atoms with Crippen molar-refractivity contribution < 1.29 is 13.2 Å². The molecule has 1 aliphatic carbocycles. The lowest BCUT2D eigenvalue weighted by Gasteiger charge is -2.28. The van der Waals surface area contributed by atoms with E-state index in [1.165, 1.54) is 6.42 Å². The van der Waals surface area contributed by atoms with Crippen molar-refractivity contribution in [1.29, 1.82) is 0 Å². The van der Waals surface area contributed by atoms with Gasteiger partial charge in [0.1, 0.15) is 11.6 Å². The molecule has 0 amide bonds. The van der Waals surface area contributed by atoms with Crippen molar-refractivity contribution >= 4 is 11.6 Å². The van der Waals surface area contributed by atoms with Crippen molar-refractivity contribution in [1.82, 2.24) is 9.97 Å². The molecule has 1 aromatic heterocycles. The van der Waals surface area contributed by atoms with Crippen LogP contribution in [0.25, 0.3) is 0 Å². The maximum Gasteiger partial charge on any atom is 0.451 e. The lowest BCUT2D eigenvalue weighted by atomic mass is 10.1. The Bertz CT molecular complexity index is 503. The van der Waals surface area contributed by atoms with Crippen LogP contribution in [0.3, 0.4) is 0 Å². The van der Waals surface area contributed by atoms with Crippen LogP contribution in [0.15, 0.2) is 6.07 Å². The van der Waals surface area contributed by atoms with Gasteiger partial charge in [0.25, 0.3) is 0 Å². The quantitative estimate of drug-likeness (QED) is 0.927. The third kappa shape index (κ3) is 2.41. The summed E-state index contributed by atoms with van der Waals surface area (Å²) in [7, 11) is 0. The third-order valence-corrected chi connectivity index (χ3v) is 4.03. The summed E-state index contributed by atoms with van der Waals surface area (Å²) in [5, 5.41) is 2.85. The van der Waals surface area contributed by atoms with Gasteiger partial charge in [-0.2, -0.15) is 13.2 Å².